The van der Waals surface area contributed by atoms with Crippen LogP contribution in [-0.4, -0.2) is 6.29 Å². The van der Waals surface area contributed by atoms with Gasteiger partial charge in [-0.25, -0.2) is 0 Å². The van der Waals surface area contributed by atoms with Crippen LogP contribution < -0.4 is 0 Å². The number of unbranched alkanes of at least 4 members (excludes halogenated alkanes) is 8. The first-order valence-electron chi connectivity index (χ1n) is 7.54. The molecular formula is C16H28O. The summed E-state index contributed by atoms with van der Waals surface area (Å²) < 4.78 is 0. The van der Waals surface area contributed by atoms with Gasteiger partial charge in [-0.05, 0) is 31.6 Å². The molecule has 0 aliphatic heterocycles. The van der Waals surface area contributed by atoms with Gasteiger partial charge in [-0.1, -0.05) is 57.1 Å². The Morgan fingerprint density at radius 3 is 2.18 bits per heavy atom. The maximum Gasteiger partial charge on any atom is 0.119 e. The zero-order valence-electron chi connectivity index (χ0n) is 11.2. The lowest BCUT2D eigenvalue weighted by molar-refractivity contribution is -0.107. The number of carbonyl (C=O) groups excluding carboxylic acids is 1. The molecule has 1 atom stereocenters. The van der Waals surface area contributed by atoms with Crippen LogP contribution in [0.15, 0.2) is 12.2 Å². The van der Waals surface area contributed by atoms with Crippen LogP contribution in [0, 0.1) is 5.92 Å². The summed E-state index contributed by atoms with van der Waals surface area (Å²) in [5, 5.41) is 0. The van der Waals surface area contributed by atoms with Crippen LogP contribution in [0.5, 0.6) is 0 Å². The Balaban J connectivity index is 1.72. The lowest BCUT2D eigenvalue weighted by Crippen LogP contribution is -1.91. The van der Waals surface area contributed by atoms with Gasteiger partial charge >= 0.3 is 0 Å². The second kappa shape index (κ2) is 10.6. The molecule has 0 spiro atoms. The SMILES string of the molecule is O=CCCCCCCCCCC[C@H]1C=CCC1. The first-order chi connectivity index (χ1) is 8.43. The highest BCUT2D eigenvalue weighted by molar-refractivity contribution is 5.48. The van der Waals surface area contributed by atoms with E-state index in [2.05, 4.69) is 12.2 Å². The summed E-state index contributed by atoms with van der Waals surface area (Å²) in [6.45, 7) is 0. The van der Waals surface area contributed by atoms with Gasteiger partial charge in [0.2, 0.25) is 0 Å². The van der Waals surface area contributed by atoms with Gasteiger partial charge in [0.25, 0.3) is 0 Å². The molecule has 17 heavy (non-hydrogen) atoms. The second-order valence-electron chi connectivity index (χ2n) is 5.34. The van der Waals surface area contributed by atoms with Crippen LogP contribution in [0.25, 0.3) is 0 Å². The van der Waals surface area contributed by atoms with Gasteiger partial charge < -0.3 is 4.79 Å². The van der Waals surface area contributed by atoms with Crippen molar-refractivity contribution < 1.29 is 4.79 Å². The maximum absolute atomic E-state index is 10.1. The number of allylic oxidation sites excluding steroid dienone is 2. The van der Waals surface area contributed by atoms with Gasteiger partial charge in [0, 0.05) is 6.42 Å². The number of hydrogen-bond acceptors (Lipinski definition) is 1. The number of rotatable bonds is 11. The lowest BCUT2D eigenvalue weighted by Gasteiger charge is -2.06. The molecule has 0 fully saturated rings. The van der Waals surface area contributed by atoms with Crippen molar-refractivity contribution in [2.45, 2.75) is 77.0 Å². The molecule has 1 heteroatoms. The van der Waals surface area contributed by atoms with Crippen molar-refractivity contribution in [3.8, 4) is 0 Å². The Hall–Kier alpha value is -0.590. The first kappa shape index (κ1) is 14.5. The van der Waals surface area contributed by atoms with Crippen LogP contribution in [0.3, 0.4) is 0 Å². The fourth-order valence-corrected chi connectivity index (χ4v) is 2.63. The Bertz CT molecular complexity index is 208. The molecule has 1 rings (SSSR count). The molecule has 0 amide bonds. The van der Waals surface area contributed by atoms with Crippen LogP contribution >= 0.6 is 0 Å². The second-order valence-corrected chi connectivity index (χ2v) is 5.34. The van der Waals surface area contributed by atoms with Gasteiger partial charge in [0.05, 0.1) is 0 Å². The molecule has 1 aliphatic carbocycles. The standard InChI is InChI=1S/C16H28O/c17-15-11-7-5-3-1-2-4-6-8-12-16-13-9-10-14-16/h9,13,15-16H,1-8,10-12,14H2/t16-/m0/s1. The van der Waals surface area contributed by atoms with E-state index in [-0.39, 0.29) is 0 Å². The van der Waals surface area contributed by atoms with Crippen molar-refractivity contribution in [3.63, 3.8) is 0 Å². The average Bonchev–Trinajstić information content (AvgIpc) is 2.85. The molecule has 0 aromatic rings. The van der Waals surface area contributed by atoms with E-state index in [1.54, 1.807) is 0 Å². The fourth-order valence-electron chi connectivity index (χ4n) is 2.63. The summed E-state index contributed by atoms with van der Waals surface area (Å²) in [7, 11) is 0. The van der Waals surface area contributed by atoms with Crippen molar-refractivity contribution >= 4 is 6.29 Å². The highest BCUT2D eigenvalue weighted by atomic mass is 16.1. The summed E-state index contributed by atoms with van der Waals surface area (Å²) in [6, 6.07) is 0. The average molecular weight is 236 g/mol. The predicted molar refractivity (Wildman–Crippen MR) is 74.1 cm³/mol. The van der Waals surface area contributed by atoms with Crippen molar-refractivity contribution in [2.24, 2.45) is 5.92 Å². The third-order valence-corrected chi connectivity index (χ3v) is 3.76. The molecule has 0 aromatic carbocycles. The van der Waals surface area contributed by atoms with E-state index in [0.717, 1.165) is 25.0 Å². The van der Waals surface area contributed by atoms with Gasteiger partial charge in [-0.15, -0.1) is 0 Å². The first-order valence-corrected chi connectivity index (χ1v) is 7.54. The van der Waals surface area contributed by atoms with Gasteiger partial charge in [0.15, 0.2) is 0 Å². The molecule has 1 aliphatic rings. The summed E-state index contributed by atoms with van der Waals surface area (Å²) in [4.78, 5) is 10.1. The number of carbonyl (C=O) groups is 1. The zero-order chi connectivity index (χ0) is 12.2. The quantitative estimate of drug-likeness (QED) is 0.278. The van der Waals surface area contributed by atoms with E-state index in [4.69, 9.17) is 0 Å². The van der Waals surface area contributed by atoms with Crippen LogP contribution in [0.2, 0.25) is 0 Å². The summed E-state index contributed by atoms with van der Waals surface area (Å²) in [6.07, 6.45) is 21.3. The third kappa shape index (κ3) is 8.18. The molecule has 0 aromatic heterocycles. The van der Waals surface area contributed by atoms with Crippen LogP contribution in [0.1, 0.15) is 77.0 Å². The van der Waals surface area contributed by atoms with Crippen molar-refractivity contribution in [1.29, 1.82) is 0 Å². The van der Waals surface area contributed by atoms with Gasteiger partial charge in [-0.3, -0.25) is 0 Å². The molecule has 0 N–H and O–H groups in total. The van der Waals surface area contributed by atoms with E-state index in [1.807, 2.05) is 0 Å². The topological polar surface area (TPSA) is 17.1 Å². The minimum absolute atomic E-state index is 0.759. The van der Waals surface area contributed by atoms with Crippen LogP contribution in [-0.2, 0) is 4.79 Å². The molecule has 0 heterocycles. The van der Waals surface area contributed by atoms with Crippen molar-refractivity contribution in [1.82, 2.24) is 0 Å². The highest BCUT2D eigenvalue weighted by Gasteiger charge is 2.07. The van der Waals surface area contributed by atoms with E-state index in [0.29, 0.717) is 0 Å². The summed E-state index contributed by atoms with van der Waals surface area (Å²) in [5.41, 5.74) is 0. The molecule has 0 bridgehead atoms. The van der Waals surface area contributed by atoms with Crippen molar-refractivity contribution in [3.05, 3.63) is 12.2 Å². The van der Waals surface area contributed by atoms with E-state index in [1.165, 1.54) is 64.2 Å². The molecule has 0 saturated heterocycles. The predicted octanol–water partition coefficient (Wildman–Crippen LogP) is 5.05. The molecule has 1 nitrogen and oxygen atoms in total. The molecule has 0 radical (unpaired) electrons. The minimum Gasteiger partial charge on any atom is -0.303 e. The van der Waals surface area contributed by atoms with E-state index >= 15 is 0 Å². The van der Waals surface area contributed by atoms with Crippen molar-refractivity contribution in [2.75, 3.05) is 0 Å². The number of hydrogen-bond donors (Lipinski definition) is 0. The molecule has 0 saturated carbocycles. The monoisotopic (exact) mass is 236 g/mol. The Morgan fingerprint density at radius 1 is 0.941 bits per heavy atom. The fraction of sp³-hybridized carbons (Fsp3) is 0.812. The normalized spacial score (nSPS) is 18.7. The Morgan fingerprint density at radius 2 is 1.59 bits per heavy atom. The molecular weight excluding hydrogens is 208 g/mol. The van der Waals surface area contributed by atoms with E-state index < -0.39 is 0 Å². The molecule has 98 valence electrons. The lowest BCUT2D eigenvalue weighted by atomic mass is 9.99. The summed E-state index contributed by atoms with van der Waals surface area (Å²) >= 11 is 0. The zero-order valence-corrected chi connectivity index (χ0v) is 11.2. The maximum atomic E-state index is 10.1. The summed E-state index contributed by atoms with van der Waals surface area (Å²) in [5.74, 6) is 0.901. The van der Waals surface area contributed by atoms with Crippen LogP contribution in [0.4, 0.5) is 0 Å². The smallest absolute Gasteiger partial charge is 0.119 e. The third-order valence-electron chi connectivity index (χ3n) is 3.76. The van der Waals surface area contributed by atoms with Gasteiger partial charge in [-0.2, -0.15) is 0 Å². The minimum atomic E-state index is 0.759. The highest BCUT2D eigenvalue weighted by Crippen LogP contribution is 2.23. The molecule has 0 unspecified atom stereocenters. The van der Waals surface area contributed by atoms with Gasteiger partial charge in [0.1, 0.15) is 6.29 Å². The Kier molecular flexibility index (Phi) is 8.99. The number of aldehydes is 1. The Labute approximate surface area is 107 Å². The largest absolute Gasteiger partial charge is 0.303 e. The van der Waals surface area contributed by atoms with E-state index in [9.17, 15) is 4.79 Å².